The van der Waals surface area contributed by atoms with Gasteiger partial charge in [-0.1, -0.05) is 11.6 Å². The smallest absolute Gasteiger partial charge is 0.126 e. The van der Waals surface area contributed by atoms with Crippen LogP contribution in [0.2, 0.25) is 5.02 Å². The Kier molecular flexibility index (Phi) is 3.31. The minimum absolute atomic E-state index is 0.698. The molecule has 0 aliphatic carbocycles. The zero-order chi connectivity index (χ0) is 8.97. The van der Waals surface area contributed by atoms with Gasteiger partial charge in [-0.15, -0.1) is 0 Å². The van der Waals surface area contributed by atoms with Crippen LogP contribution in [0.1, 0.15) is 5.56 Å². The van der Waals surface area contributed by atoms with E-state index in [0.29, 0.717) is 5.02 Å². The monoisotopic (exact) mass is 185 g/mol. The van der Waals surface area contributed by atoms with Crippen molar-refractivity contribution >= 4 is 17.4 Å². The van der Waals surface area contributed by atoms with E-state index in [9.17, 15) is 0 Å². The fourth-order valence-corrected chi connectivity index (χ4v) is 1.11. The molecule has 0 aliphatic heterocycles. The molecule has 0 amide bonds. The normalized spacial score (nSPS) is 9.92. The largest absolute Gasteiger partial charge is 0.373 e. The maximum Gasteiger partial charge on any atom is 0.126 e. The molecule has 0 atom stereocenters. The highest BCUT2D eigenvalue weighted by Gasteiger charge is 2.00. The third-order valence-corrected chi connectivity index (χ3v) is 1.90. The highest BCUT2D eigenvalue weighted by Crippen LogP contribution is 2.17. The summed E-state index contributed by atoms with van der Waals surface area (Å²) >= 11 is 5.90. The van der Waals surface area contributed by atoms with Crippen molar-refractivity contribution in [3.05, 3.63) is 22.8 Å². The molecule has 3 nitrogen and oxygen atoms in total. The average Bonchev–Trinajstić information content (AvgIpc) is 2.09. The lowest BCUT2D eigenvalue weighted by atomic mass is 10.2. The lowest BCUT2D eigenvalue weighted by Crippen LogP contribution is -2.06. The van der Waals surface area contributed by atoms with Crippen LogP contribution >= 0.6 is 11.6 Å². The second-order valence-corrected chi connectivity index (χ2v) is 2.85. The Labute approximate surface area is 77.1 Å². The Hall–Kier alpha value is -0.800. The number of nitrogens with zero attached hydrogens (tertiary/aromatic N) is 1. The SMILES string of the molecule is CNCc1cc(NC)ncc1Cl. The maximum atomic E-state index is 5.90. The second-order valence-electron chi connectivity index (χ2n) is 2.44. The Morgan fingerprint density at radius 1 is 1.50 bits per heavy atom. The third kappa shape index (κ3) is 2.09. The molecule has 1 aromatic rings. The van der Waals surface area contributed by atoms with Gasteiger partial charge >= 0.3 is 0 Å². The summed E-state index contributed by atoms with van der Waals surface area (Å²) in [5, 5.41) is 6.69. The topological polar surface area (TPSA) is 37.0 Å². The van der Waals surface area contributed by atoms with Crippen LogP contribution in [0.4, 0.5) is 5.82 Å². The van der Waals surface area contributed by atoms with Gasteiger partial charge in [0.2, 0.25) is 0 Å². The van der Waals surface area contributed by atoms with Crippen molar-refractivity contribution < 1.29 is 0 Å². The summed E-state index contributed by atoms with van der Waals surface area (Å²) in [5.74, 6) is 0.838. The third-order valence-electron chi connectivity index (χ3n) is 1.56. The summed E-state index contributed by atoms with van der Waals surface area (Å²) in [7, 11) is 3.72. The summed E-state index contributed by atoms with van der Waals surface area (Å²) in [6, 6.07) is 1.93. The van der Waals surface area contributed by atoms with Crippen molar-refractivity contribution in [1.82, 2.24) is 10.3 Å². The highest BCUT2D eigenvalue weighted by molar-refractivity contribution is 6.31. The van der Waals surface area contributed by atoms with Gasteiger partial charge in [0, 0.05) is 19.8 Å². The van der Waals surface area contributed by atoms with Gasteiger partial charge in [-0.2, -0.15) is 0 Å². The predicted octanol–water partition coefficient (Wildman–Crippen LogP) is 1.50. The lowest BCUT2D eigenvalue weighted by Gasteiger charge is -2.05. The summed E-state index contributed by atoms with van der Waals surface area (Å²) in [6.45, 7) is 0.760. The molecule has 4 heteroatoms. The molecule has 0 fully saturated rings. The molecule has 1 rings (SSSR count). The molecule has 0 saturated heterocycles. The van der Waals surface area contributed by atoms with Crippen molar-refractivity contribution in [3.8, 4) is 0 Å². The summed E-state index contributed by atoms with van der Waals surface area (Å²) in [4.78, 5) is 4.07. The molecule has 0 radical (unpaired) electrons. The number of anilines is 1. The van der Waals surface area contributed by atoms with Crippen LogP contribution in [0.15, 0.2) is 12.3 Å². The first-order valence-corrected chi connectivity index (χ1v) is 4.12. The second kappa shape index (κ2) is 4.28. The van der Waals surface area contributed by atoms with Gasteiger partial charge in [-0.3, -0.25) is 0 Å². The van der Waals surface area contributed by atoms with E-state index in [0.717, 1.165) is 17.9 Å². The van der Waals surface area contributed by atoms with E-state index in [1.54, 1.807) is 6.20 Å². The van der Waals surface area contributed by atoms with Crippen LogP contribution in [-0.4, -0.2) is 19.1 Å². The number of pyridine rings is 1. The number of aromatic nitrogens is 1. The number of hydrogen-bond acceptors (Lipinski definition) is 3. The molecule has 0 aliphatic rings. The van der Waals surface area contributed by atoms with Crippen LogP contribution < -0.4 is 10.6 Å². The summed E-state index contributed by atoms with van der Waals surface area (Å²) in [6.07, 6.45) is 1.65. The number of halogens is 1. The predicted molar refractivity (Wildman–Crippen MR) is 51.6 cm³/mol. The zero-order valence-corrected chi connectivity index (χ0v) is 7.94. The molecule has 1 heterocycles. The first-order valence-electron chi connectivity index (χ1n) is 3.74. The number of nitrogens with one attached hydrogen (secondary N) is 2. The molecule has 66 valence electrons. The van der Waals surface area contributed by atoms with Gasteiger partial charge < -0.3 is 10.6 Å². The Balaban J connectivity index is 2.91. The molecule has 0 saturated carbocycles. The fourth-order valence-electron chi connectivity index (χ4n) is 0.943. The van der Waals surface area contributed by atoms with Crippen molar-refractivity contribution in [2.45, 2.75) is 6.54 Å². The van der Waals surface area contributed by atoms with E-state index in [4.69, 9.17) is 11.6 Å². The van der Waals surface area contributed by atoms with Gasteiger partial charge in [0.05, 0.1) is 5.02 Å². The van der Waals surface area contributed by atoms with Crippen LogP contribution in [0, 0.1) is 0 Å². The van der Waals surface area contributed by atoms with Crippen LogP contribution in [0.5, 0.6) is 0 Å². The van der Waals surface area contributed by atoms with E-state index < -0.39 is 0 Å². The first kappa shape index (κ1) is 9.29. The fraction of sp³-hybridized carbons (Fsp3) is 0.375. The molecule has 1 aromatic heterocycles. The van der Waals surface area contributed by atoms with Gasteiger partial charge in [0.15, 0.2) is 0 Å². The molecule has 0 spiro atoms. The van der Waals surface area contributed by atoms with E-state index >= 15 is 0 Å². The molecule has 12 heavy (non-hydrogen) atoms. The van der Waals surface area contributed by atoms with E-state index in [1.165, 1.54) is 0 Å². The van der Waals surface area contributed by atoms with Gasteiger partial charge in [0.1, 0.15) is 5.82 Å². The van der Waals surface area contributed by atoms with Gasteiger partial charge in [-0.05, 0) is 18.7 Å². The van der Waals surface area contributed by atoms with Crippen molar-refractivity contribution in [3.63, 3.8) is 0 Å². The summed E-state index contributed by atoms with van der Waals surface area (Å²) in [5.41, 5.74) is 1.05. The quantitative estimate of drug-likeness (QED) is 0.750. The highest BCUT2D eigenvalue weighted by atomic mass is 35.5. The van der Waals surface area contributed by atoms with Gasteiger partial charge in [-0.25, -0.2) is 4.98 Å². The summed E-state index contributed by atoms with van der Waals surface area (Å²) < 4.78 is 0. The van der Waals surface area contributed by atoms with E-state index in [-0.39, 0.29) is 0 Å². The van der Waals surface area contributed by atoms with Crippen LogP contribution in [0.3, 0.4) is 0 Å². The molecular formula is C8H12ClN3. The van der Waals surface area contributed by atoms with E-state index in [1.807, 2.05) is 20.2 Å². The van der Waals surface area contributed by atoms with Crippen molar-refractivity contribution in [1.29, 1.82) is 0 Å². The van der Waals surface area contributed by atoms with Crippen molar-refractivity contribution in [2.24, 2.45) is 0 Å². The van der Waals surface area contributed by atoms with Crippen LogP contribution in [0.25, 0.3) is 0 Å². The minimum atomic E-state index is 0.698. The minimum Gasteiger partial charge on any atom is -0.373 e. The lowest BCUT2D eigenvalue weighted by molar-refractivity contribution is 0.816. The molecular weight excluding hydrogens is 174 g/mol. The van der Waals surface area contributed by atoms with E-state index in [2.05, 4.69) is 15.6 Å². The molecule has 0 unspecified atom stereocenters. The Morgan fingerprint density at radius 3 is 2.83 bits per heavy atom. The standard InChI is InChI=1S/C8H12ClN3/c1-10-4-6-3-8(11-2)12-5-7(6)9/h3,5,10H,4H2,1-2H3,(H,11,12). The Morgan fingerprint density at radius 2 is 2.25 bits per heavy atom. The Bertz CT molecular complexity index is 262. The molecule has 0 aromatic carbocycles. The molecule has 2 N–H and O–H groups in total. The molecule has 0 bridgehead atoms. The number of rotatable bonds is 3. The zero-order valence-electron chi connectivity index (χ0n) is 7.19. The number of hydrogen-bond donors (Lipinski definition) is 2. The average molecular weight is 186 g/mol. The van der Waals surface area contributed by atoms with Crippen molar-refractivity contribution in [2.75, 3.05) is 19.4 Å². The maximum absolute atomic E-state index is 5.90. The first-order chi connectivity index (χ1) is 5.77. The van der Waals surface area contributed by atoms with Crippen LogP contribution in [-0.2, 0) is 6.54 Å². The van der Waals surface area contributed by atoms with Gasteiger partial charge in [0.25, 0.3) is 0 Å².